The Balaban J connectivity index is 1.88. The van der Waals surface area contributed by atoms with Crippen LogP contribution in [0.25, 0.3) is 28.0 Å². The number of alkyl halides is 3. The van der Waals surface area contributed by atoms with E-state index in [1.807, 2.05) is 46.4 Å². The van der Waals surface area contributed by atoms with Crippen LogP contribution in [0.4, 0.5) is 19.0 Å². The maximum Gasteiger partial charge on any atom is 0.417 e. The van der Waals surface area contributed by atoms with Gasteiger partial charge in [0.1, 0.15) is 12.1 Å². The smallest absolute Gasteiger partial charge is 0.349 e. The topological polar surface area (TPSA) is 97.1 Å². The molecule has 0 N–H and O–H groups in total. The second kappa shape index (κ2) is 12.5. The molecule has 1 amide bonds. The summed E-state index contributed by atoms with van der Waals surface area (Å²) in [6, 6.07) is 6.01. The monoisotopic (exact) mass is 653 g/mol. The Morgan fingerprint density at radius 1 is 1.02 bits per heavy atom. The number of aromatic nitrogens is 5. The van der Waals surface area contributed by atoms with Gasteiger partial charge in [0.15, 0.2) is 5.65 Å². The molecule has 0 aliphatic carbocycles. The molecule has 4 heterocycles. The zero-order chi connectivity index (χ0) is 33.7. The Morgan fingerprint density at radius 3 is 2.24 bits per heavy atom. The van der Waals surface area contributed by atoms with Crippen LogP contribution >= 0.6 is 11.6 Å². The highest BCUT2D eigenvalue weighted by atomic mass is 35.5. The average molecular weight is 654 g/mol. The molecule has 1 saturated heterocycles. The van der Waals surface area contributed by atoms with Crippen molar-refractivity contribution in [3.63, 3.8) is 0 Å². The third-order valence-electron chi connectivity index (χ3n) is 8.20. The normalized spacial score (nSPS) is 17.3. The summed E-state index contributed by atoms with van der Waals surface area (Å²) in [6.45, 7) is 15.7. The molecule has 242 valence electrons. The Kier molecular flexibility index (Phi) is 8.96. The minimum atomic E-state index is -4.68. The molecule has 2 unspecified atom stereocenters. The van der Waals surface area contributed by atoms with Crippen LogP contribution < -0.4 is 10.6 Å². The van der Waals surface area contributed by atoms with Crippen molar-refractivity contribution in [1.29, 1.82) is 0 Å². The standard InChI is InChI=1S/C33H35ClF3N7O2/c1-8-25(45)42-14-20(7)43(15-19(42)6)30-22-13-24(34)28(21-11-9-10-12-23(21)33(35,36)37)40-31(22)44(32(46)41-30)29-26(17(2)3)38-16-39-27(29)18(4)5/h8-13,16-20H,1,14-15H2,2-7H3. The number of benzene rings is 1. The Hall–Kier alpha value is -4.32. The molecule has 1 aromatic carbocycles. The summed E-state index contributed by atoms with van der Waals surface area (Å²) in [7, 11) is 0. The zero-order valence-electron chi connectivity index (χ0n) is 26.4. The van der Waals surface area contributed by atoms with Gasteiger partial charge in [0, 0.05) is 30.7 Å². The van der Waals surface area contributed by atoms with Crippen molar-refractivity contribution in [1.82, 2.24) is 29.4 Å². The van der Waals surface area contributed by atoms with E-state index in [0.717, 1.165) is 6.07 Å². The summed E-state index contributed by atoms with van der Waals surface area (Å²) in [5.41, 5.74) is -0.404. The first-order chi connectivity index (χ1) is 21.6. The fourth-order valence-electron chi connectivity index (χ4n) is 5.98. The van der Waals surface area contributed by atoms with Gasteiger partial charge in [-0.3, -0.25) is 4.79 Å². The Bertz CT molecular complexity index is 1860. The van der Waals surface area contributed by atoms with E-state index in [1.165, 1.54) is 41.2 Å². The number of pyridine rings is 1. The van der Waals surface area contributed by atoms with Crippen LogP contribution in [0.2, 0.25) is 5.02 Å². The molecular formula is C33H35ClF3N7O2. The minimum Gasteiger partial charge on any atom is -0.349 e. The summed E-state index contributed by atoms with van der Waals surface area (Å²) in [4.78, 5) is 48.7. The van der Waals surface area contributed by atoms with Gasteiger partial charge in [0.25, 0.3) is 0 Å². The van der Waals surface area contributed by atoms with Crippen LogP contribution in [-0.4, -0.2) is 60.5 Å². The van der Waals surface area contributed by atoms with Crippen LogP contribution in [0.15, 0.2) is 54.1 Å². The molecule has 46 heavy (non-hydrogen) atoms. The molecule has 1 aliphatic rings. The SMILES string of the molecule is C=CC(=O)N1CC(C)N(c2nc(=O)n(-c3c(C(C)C)ncnc3C(C)C)c3nc(-c4ccccc4C(F)(F)F)c(Cl)cc23)CC1C. The third kappa shape index (κ3) is 5.86. The first-order valence-corrected chi connectivity index (χ1v) is 15.4. The maximum atomic E-state index is 14.3. The van der Waals surface area contributed by atoms with E-state index in [2.05, 4.69) is 21.5 Å². The molecule has 3 aromatic heterocycles. The molecule has 2 atom stereocenters. The largest absolute Gasteiger partial charge is 0.417 e. The lowest BCUT2D eigenvalue weighted by molar-refractivity contribution is -0.137. The summed E-state index contributed by atoms with van der Waals surface area (Å²) < 4.78 is 43.8. The number of amides is 1. The van der Waals surface area contributed by atoms with E-state index < -0.39 is 17.4 Å². The predicted octanol–water partition coefficient (Wildman–Crippen LogP) is 6.77. The molecule has 5 rings (SSSR count). The molecule has 4 aromatic rings. The fraction of sp³-hybridized carbons (Fsp3) is 0.394. The number of anilines is 1. The number of hydrogen-bond acceptors (Lipinski definition) is 7. The van der Waals surface area contributed by atoms with Gasteiger partial charge in [-0.2, -0.15) is 18.2 Å². The second-order valence-corrected chi connectivity index (χ2v) is 12.5. The van der Waals surface area contributed by atoms with E-state index in [-0.39, 0.29) is 57.6 Å². The number of rotatable bonds is 6. The molecule has 0 saturated carbocycles. The number of fused-ring (bicyclic) bond motifs is 1. The summed E-state index contributed by atoms with van der Waals surface area (Å²) in [5.74, 6) is -0.241. The number of nitrogens with zero attached hydrogens (tertiary/aromatic N) is 7. The predicted molar refractivity (Wildman–Crippen MR) is 173 cm³/mol. The first kappa shape index (κ1) is 33.1. The molecule has 1 fully saturated rings. The van der Waals surface area contributed by atoms with Gasteiger partial charge in [0.2, 0.25) is 5.91 Å². The van der Waals surface area contributed by atoms with Crippen LogP contribution in [0.3, 0.4) is 0 Å². The van der Waals surface area contributed by atoms with Crippen molar-refractivity contribution in [3.8, 4) is 16.9 Å². The number of halogens is 4. The van der Waals surface area contributed by atoms with Gasteiger partial charge in [-0.05, 0) is 43.9 Å². The molecule has 0 bridgehead atoms. The van der Waals surface area contributed by atoms with E-state index in [0.29, 0.717) is 35.6 Å². The average Bonchev–Trinajstić information content (AvgIpc) is 3.00. The van der Waals surface area contributed by atoms with Crippen LogP contribution in [0.1, 0.15) is 70.3 Å². The minimum absolute atomic E-state index is 0.0453. The molecule has 9 nitrogen and oxygen atoms in total. The fourth-order valence-corrected chi connectivity index (χ4v) is 6.23. The second-order valence-electron chi connectivity index (χ2n) is 12.1. The number of carbonyl (C=O) groups is 1. The molecule has 13 heteroatoms. The lowest BCUT2D eigenvalue weighted by atomic mass is 10.0. The van der Waals surface area contributed by atoms with Gasteiger partial charge in [-0.25, -0.2) is 24.3 Å². The summed E-state index contributed by atoms with van der Waals surface area (Å²) in [5, 5.41) is 0.310. The molecule has 0 radical (unpaired) electrons. The number of piperazine rings is 1. The molecule has 0 spiro atoms. The lowest BCUT2D eigenvalue weighted by Crippen LogP contribution is -2.58. The van der Waals surface area contributed by atoms with Crippen LogP contribution in [0, 0.1) is 0 Å². The Labute approximate surface area is 269 Å². The number of carbonyl (C=O) groups excluding carboxylic acids is 1. The quantitative estimate of drug-likeness (QED) is 0.212. The van der Waals surface area contributed by atoms with E-state index in [1.54, 1.807) is 4.90 Å². The van der Waals surface area contributed by atoms with Gasteiger partial charge in [-0.1, -0.05) is 64.1 Å². The highest BCUT2D eigenvalue weighted by Crippen LogP contribution is 2.41. The van der Waals surface area contributed by atoms with Crippen molar-refractivity contribution in [3.05, 3.63) is 81.8 Å². The van der Waals surface area contributed by atoms with E-state index >= 15 is 0 Å². The third-order valence-corrected chi connectivity index (χ3v) is 8.49. The van der Waals surface area contributed by atoms with E-state index in [9.17, 15) is 22.8 Å². The van der Waals surface area contributed by atoms with E-state index in [4.69, 9.17) is 16.6 Å². The van der Waals surface area contributed by atoms with Crippen molar-refractivity contribution in [2.24, 2.45) is 0 Å². The maximum absolute atomic E-state index is 14.3. The summed E-state index contributed by atoms with van der Waals surface area (Å²) >= 11 is 6.77. The zero-order valence-corrected chi connectivity index (χ0v) is 27.2. The summed E-state index contributed by atoms with van der Waals surface area (Å²) in [6.07, 6.45) is -1.99. The molecular weight excluding hydrogens is 619 g/mol. The van der Waals surface area contributed by atoms with Crippen molar-refractivity contribution in [2.45, 2.75) is 71.6 Å². The highest BCUT2D eigenvalue weighted by molar-refractivity contribution is 6.34. The van der Waals surface area contributed by atoms with Gasteiger partial charge in [-0.15, -0.1) is 0 Å². The van der Waals surface area contributed by atoms with Crippen molar-refractivity contribution < 1.29 is 18.0 Å². The van der Waals surface area contributed by atoms with Crippen LogP contribution in [0.5, 0.6) is 0 Å². The Morgan fingerprint density at radius 2 is 1.65 bits per heavy atom. The van der Waals surface area contributed by atoms with Gasteiger partial charge in [0.05, 0.1) is 38.7 Å². The molecule has 1 aliphatic heterocycles. The van der Waals surface area contributed by atoms with Gasteiger partial charge < -0.3 is 9.80 Å². The van der Waals surface area contributed by atoms with Crippen LogP contribution in [-0.2, 0) is 11.0 Å². The number of hydrogen-bond donors (Lipinski definition) is 0. The van der Waals surface area contributed by atoms with Crippen molar-refractivity contribution in [2.75, 3.05) is 18.0 Å². The van der Waals surface area contributed by atoms with Gasteiger partial charge >= 0.3 is 11.9 Å². The van der Waals surface area contributed by atoms with Crippen molar-refractivity contribution >= 4 is 34.4 Å². The lowest BCUT2D eigenvalue weighted by Gasteiger charge is -2.44. The highest BCUT2D eigenvalue weighted by Gasteiger charge is 2.36. The first-order valence-electron chi connectivity index (χ1n) is 15.0.